The summed E-state index contributed by atoms with van der Waals surface area (Å²) in [5.74, 6) is 0.0526. The third kappa shape index (κ3) is 6.58. The first-order valence-electron chi connectivity index (χ1n) is 4.74. The van der Waals surface area contributed by atoms with Gasteiger partial charge in [0.25, 0.3) is 0 Å². The summed E-state index contributed by atoms with van der Waals surface area (Å²) >= 11 is 0. The van der Waals surface area contributed by atoms with Crippen LogP contribution in [0.4, 0.5) is 0 Å². The maximum absolute atomic E-state index is 11.4. The minimum atomic E-state index is -0.233. The molecule has 0 aromatic heterocycles. The highest BCUT2D eigenvalue weighted by Crippen LogP contribution is 2.06. The van der Waals surface area contributed by atoms with E-state index in [1.165, 1.54) is 0 Å². The minimum Gasteiger partial charge on any atom is -0.366 e. The highest BCUT2D eigenvalue weighted by Gasteiger charge is 2.14. The number of carbonyl (C=O) groups is 1. The van der Waals surface area contributed by atoms with E-state index in [-0.39, 0.29) is 18.1 Å². The molecule has 0 rings (SSSR count). The number of likely N-dealkylation sites (N-methyl/N-ethyl adjacent to an activating group) is 1. The molecule has 0 atom stereocenters. The van der Waals surface area contributed by atoms with Crippen LogP contribution >= 0.6 is 0 Å². The summed E-state index contributed by atoms with van der Waals surface area (Å²) in [6.07, 6.45) is 0.984. The Morgan fingerprint density at radius 1 is 1.38 bits per heavy atom. The third-order valence-electron chi connectivity index (χ3n) is 1.61. The molecule has 0 N–H and O–H groups in total. The average molecular weight is 187 g/mol. The van der Waals surface area contributed by atoms with E-state index >= 15 is 0 Å². The highest BCUT2D eigenvalue weighted by molar-refractivity contribution is 5.77. The summed E-state index contributed by atoms with van der Waals surface area (Å²) in [7, 11) is 1.80. The Hall–Kier alpha value is -0.570. The zero-order valence-corrected chi connectivity index (χ0v) is 9.39. The first-order valence-corrected chi connectivity index (χ1v) is 4.74. The molecule has 0 aromatic carbocycles. The molecule has 0 bridgehead atoms. The van der Waals surface area contributed by atoms with Gasteiger partial charge in [-0.15, -0.1) is 0 Å². The zero-order chi connectivity index (χ0) is 10.5. The minimum absolute atomic E-state index is 0.0526. The third-order valence-corrected chi connectivity index (χ3v) is 1.61. The molecular formula is C10H21NO2. The molecule has 13 heavy (non-hydrogen) atoms. The zero-order valence-electron chi connectivity index (χ0n) is 9.39. The quantitative estimate of drug-likeness (QED) is 0.670. The van der Waals surface area contributed by atoms with Gasteiger partial charge in [0.1, 0.15) is 6.61 Å². The van der Waals surface area contributed by atoms with Crippen LogP contribution < -0.4 is 0 Å². The number of carbonyl (C=O) groups excluding carboxylic acids is 1. The van der Waals surface area contributed by atoms with E-state index in [4.69, 9.17) is 4.74 Å². The molecule has 1 amide bonds. The SMILES string of the molecule is CCCN(C)C(=O)COC(C)(C)C. The van der Waals surface area contributed by atoms with Gasteiger partial charge in [-0.3, -0.25) is 4.79 Å². The fraction of sp³-hybridized carbons (Fsp3) is 0.900. The van der Waals surface area contributed by atoms with Crippen molar-refractivity contribution in [2.75, 3.05) is 20.2 Å². The molecule has 0 aliphatic heterocycles. The van der Waals surface area contributed by atoms with Crippen LogP contribution in [0.2, 0.25) is 0 Å². The lowest BCUT2D eigenvalue weighted by atomic mass is 10.2. The Kier molecular flexibility index (Phi) is 4.99. The molecule has 0 heterocycles. The molecule has 0 fully saturated rings. The number of ether oxygens (including phenoxy) is 1. The summed E-state index contributed by atoms with van der Waals surface area (Å²) in [6, 6.07) is 0. The molecule has 0 unspecified atom stereocenters. The van der Waals surface area contributed by atoms with Crippen LogP contribution in [-0.4, -0.2) is 36.6 Å². The summed E-state index contributed by atoms with van der Waals surface area (Å²) < 4.78 is 5.37. The van der Waals surface area contributed by atoms with Crippen molar-refractivity contribution in [2.24, 2.45) is 0 Å². The van der Waals surface area contributed by atoms with Crippen molar-refractivity contribution in [1.82, 2.24) is 4.90 Å². The van der Waals surface area contributed by atoms with E-state index in [1.807, 2.05) is 27.7 Å². The van der Waals surface area contributed by atoms with Crippen LogP contribution in [0.25, 0.3) is 0 Å². The smallest absolute Gasteiger partial charge is 0.248 e. The van der Waals surface area contributed by atoms with Gasteiger partial charge in [-0.1, -0.05) is 6.92 Å². The standard InChI is InChI=1S/C10H21NO2/c1-6-7-11(5)9(12)8-13-10(2,3)4/h6-8H2,1-5H3. The second kappa shape index (κ2) is 5.22. The van der Waals surface area contributed by atoms with Crippen LogP contribution in [0.15, 0.2) is 0 Å². The Labute approximate surface area is 81.1 Å². The molecule has 0 aliphatic carbocycles. The summed E-state index contributed by atoms with van der Waals surface area (Å²) in [5, 5.41) is 0. The Morgan fingerprint density at radius 3 is 2.31 bits per heavy atom. The van der Waals surface area contributed by atoms with Crippen LogP contribution in [0.1, 0.15) is 34.1 Å². The lowest BCUT2D eigenvalue weighted by molar-refractivity contribution is -0.139. The van der Waals surface area contributed by atoms with Gasteiger partial charge in [-0.25, -0.2) is 0 Å². The first kappa shape index (κ1) is 12.4. The predicted octanol–water partition coefficient (Wildman–Crippen LogP) is 1.67. The van der Waals surface area contributed by atoms with Crippen molar-refractivity contribution in [3.8, 4) is 0 Å². The van der Waals surface area contributed by atoms with Crippen molar-refractivity contribution in [2.45, 2.75) is 39.7 Å². The highest BCUT2D eigenvalue weighted by atomic mass is 16.5. The van der Waals surface area contributed by atoms with Crippen LogP contribution in [-0.2, 0) is 9.53 Å². The predicted molar refractivity (Wildman–Crippen MR) is 53.6 cm³/mol. The molecule has 0 aliphatic rings. The number of nitrogens with zero attached hydrogens (tertiary/aromatic N) is 1. The molecule has 0 spiro atoms. The van der Waals surface area contributed by atoms with Gasteiger partial charge in [-0.05, 0) is 27.2 Å². The maximum Gasteiger partial charge on any atom is 0.248 e. The Bertz CT molecular complexity index is 161. The molecule has 78 valence electrons. The molecule has 0 aromatic rings. The van der Waals surface area contributed by atoms with E-state index in [0.29, 0.717) is 0 Å². The monoisotopic (exact) mass is 187 g/mol. The van der Waals surface area contributed by atoms with Crippen molar-refractivity contribution < 1.29 is 9.53 Å². The first-order chi connectivity index (χ1) is 5.87. The Morgan fingerprint density at radius 2 is 1.92 bits per heavy atom. The van der Waals surface area contributed by atoms with E-state index in [2.05, 4.69) is 0 Å². The van der Waals surface area contributed by atoms with E-state index in [1.54, 1.807) is 11.9 Å². The summed E-state index contributed by atoms with van der Waals surface area (Å²) in [5.41, 5.74) is -0.233. The molecule has 0 saturated carbocycles. The molecule has 3 nitrogen and oxygen atoms in total. The second-order valence-electron chi connectivity index (χ2n) is 4.22. The molecule has 0 radical (unpaired) electrons. The Balaban J connectivity index is 3.74. The number of amides is 1. The second-order valence-corrected chi connectivity index (χ2v) is 4.22. The van der Waals surface area contributed by atoms with E-state index < -0.39 is 0 Å². The topological polar surface area (TPSA) is 29.5 Å². The van der Waals surface area contributed by atoms with Gasteiger partial charge in [0.15, 0.2) is 0 Å². The van der Waals surface area contributed by atoms with Gasteiger partial charge in [0.2, 0.25) is 5.91 Å². The van der Waals surface area contributed by atoms with E-state index in [0.717, 1.165) is 13.0 Å². The number of rotatable bonds is 4. The van der Waals surface area contributed by atoms with Gasteiger partial charge in [-0.2, -0.15) is 0 Å². The molecule has 0 saturated heterocycles. The summed E-state index contributed by atoms with van der Waals surface area (Å²) in [4.78, 5) is 13.1. The molecular weight excluding hydrogens is 166 g/mol. The van der Waals surface area contributed by atoms with Crippen molar-refractivity contribution in [3.05, 3.63) is 0 Å². The van der Waals surface area contributed by atoms with Crippen molar-refractivity contribution >= 4 is 5.91 Å². The summed E-state index contributed by atoms with van der Waals surface area (Å²) in [6.45, 7) is 8.86. The number of hydrogen-bond acceptors (Lipinski definition) is 2. The van der Waals surface area contributed by atoms with Gasteiger partial charge < -0.3 is 9.64 Å². The van der Waals surface area contributed by atoms with Crippen LogP contribution in [0.5, 0.6) is 0 Å². The maximum atomic E-state index is 11.4. The van der Waals surface area contributed by atoms with Crippen LogP contribution in [0, 0.1) is 0 Å². The van der Waals surface area contributed by atoms with Gasteiger partial charge in [0.05, 0.1) is 5.60 Å². The fourth-order valence-electron chi connectivity index (χ4n) is 0.849. The lowest BCUT2D eigenvalue weighted by Crippen LogP contribution is -2.34. The van der Waals surface area contributed by atoms with E-state index in [9.17, 15) is 4.79 Å². The van der Waals surface area contributed by atoms with Crippen molar-refractivity contribution in [1.29, 1.82) is 0 Å². The molecule has 3 heteroatoms. The fourth-order valence-corrected chi connectivity index (χ4v) is 0.849. The normalized spacial score (nSPS) is 11.5. The van der Waals surface area contributed by atoms with Crippen LogP contribution in [0.3, 0.4) is 0 Å². The number of hydrogen-bond donors (Lipinski definition) is 0. The largest absolute Gasteiger partial charge is 0.366 e. The van der Waals surface area contributed by atoms with Gasteiger partial charge in [0, 0.05) is 13.6 Å². The van der Waals surface area contributed by atoms with Crippen molar-refractivity contribution in [3.63, 3.8) is 0 Å². The lowest BCUT2D eigenvalue weighted by Gasteiger charge is -2.22. The average Bonchev–Trinajstić information content (AvgIpc) is 1.99. The van der Waals surface area contributed by atoms with Gasteiger partial charge >= 0.3 is 0 Å².